The van der Waals surface area contributed by atoms with Crippen LogP contribution in [0.3, 0.4) is 0 Å². The highest BCUT2D eigenvalue weighted by Gasteiger charge is 2.35. The average molecular weight is 617 g/mol. The molecule has 0 fully saturated rings. The van der Waals surface area contributed by atoms with Crippen LogP contribution in [0.5, 0.6) is 11.5 Å². The standard InChI is InChI=1S/C34H33ClN2O5S/c1-6-41-31-25(35)17-21(18-26(31)40-5)19-27-32(38)37-30(24-15-13-22(14-16-24)20(3)4)28(33(39)42-7-2)29(36-34(37)43-27)23-11-9-8-10-12-23/h8-20,30H,6-7H2,1-5H3/b27-19-/t30-/m1/s1. The first kappa shape index (κ1) is 30.3. The van der Waals surface area contributed by atoms with E-state index in [1.165, 1.54) is 11.3 Å². The van der Waals surface area contributed by atoms with Gasteiger partial charge >= 0.3 is 5.97 Å². The van der Waals surface area contributed by atoms with Crippen molar-refractivity contribution in [3.63, 3.8) is 0 Å². The number of hydrogen-bond donors (Lipinski definition) is 0. The largest absolute Gasteiger partial charge is 0.493 e. The van der Waals surface area contributed by atoms with E-state index in [0.717, 1.165) is 16.7 Å². The van der Waals surface area contributed by atoms with Crippen molar-refractivity contribution in [1.82, 2.24) is 4.57 Å². The lowest BCUT2D eigenvalue weighted by Gasteiger charge is -2.26. The number of methoxy groups -OCH3 is 1. The zero-order valence-corrected chi connectivity index (χ0v) is 26.3. The fourth-order valence-electron chi connectivity index (χ4n) is 5.08. The first-order chi connectivity index (χ1) is 20.8. The molecule has 2 heterocycles. The maximum atomic E-state index is 14.2. The Morgan fingerprint density at radius 1 is 1.07 bits per heavy atom. The van der Waals surface area contributed by atoms with E-state index in [2.05, 4.69) is 13.8 Å². The van der Waals surface area contributed by atoms with Gasteiger partial charge in [-0.3, -0.25) is 9.36 Å². The van der Waals surface area contributed by atoms with Gasteiger partial charge in [-0.15, -0.1) is 0 Å². The van der Waals surface area contributed by atoms with Crippen LogP contribution in [0.4, 0.5) is 0 Å². The molecule has 0 N–H and O–H groups in total. The second-order valence-electron chi connectivity index (χ2n) is 10.2. The van der Waals surface area contributed by atoms with Gasteiger partial charge in [0.15, 0.2) is 16.3 Å². The second kappa shape index (κ2) is 13.0. The van der Waals surface area contributed by atoms with Crippen molar-refractivity contribution in [2.75, 3.05) is 20.3 Å². The summed E-state index contributed by atoms with van der Waals surface area (Å²) in [4.78, 5) is 33.2. The first-order valence-electron chi connectivity index (χ1n) is 14.2. The molecule has 5 rings (SSSR count). The number of esters is 1. The molecule has 0 saturated heterocycles. The van der Waals surface area contributed by atoms with Gasteiger partial charge in [0.1, 0.15) is 0 Å². The summed E-state index contributed by atoms with van der Waals surface area (Å²) in [6.07, 6.45) is 1.75. The number of fused-ring (bicyclic) bond motifs is 1. The van der Waals surface area contributed by atoms with Crippen LogP contribution >= 0.6 is 22.9 Å². The fourth-order valence-corrected chi connectivity index (χ4v) is 6.35. The number of aromatic nitrogens is 1. The highest BCUT2D eigenvalue weighted by molar-refractivity contribution is 7.07. The van der Waals surface area contributed by atoms with Gasteiger partial charge in [-0.2, -0.15) is 0 Å². The Morgan fingerprint density at radius 3 is 2.42 bits per heavy atom. The van der Waals surface area contributed by atoms with Gasteiger partial charge in [-0.25, -0.2) is 9.79 Å². The molecule has 1 atom stereocenters. The molecule has 0 saturated carbocycles. The van der Waals surface area contributed by atoms with Crippen molar-refractivity contribution >= 4 is 40.7 Å². The molecular formula is C34H33ClN2O5S. The van der Waals surface area contributed by atoms with Crippen molar-refractivity contribution < 1.29 is 19.0 Å². The minimum absolute atomic E-state index is 0.189. The Balaban J connectivity index is 1.78. The topological polar surface area (TPSA) is 79.1 Å². The number of carbonyl (C=O) groups excluding carboxylic acids is 1. The lowest BCUT2D eigenvalue weighted by Crippen LogP contribution is -2.40. The molecule has 0 radical (unpaired) electrons. The zero-order chi connectivity index (χ0) is 30.7. The normalized spacial score (nSPS) is 14.9. The Bertz CT molecular complexity index is 1860. The third kappa shape index (κ3) is 6.03. The molecule has 1 aliphatic heterocycles. The summed E-state index contributed by atoms with van der Waals surface area (Å²) in [5.41, 5.74) is 3.89. The quantitative estimate of drug-likeness (QED) is 0.212. The van der Waals surface area contributed by atoms with Crippen molar-refractivity contribution in [3.8, 4) is 11.5 Å². The van der Waals surface area contributed by atoms with Gasteiger partial charge in [0.05, 0.1) is 47.2 Å². The first-order valence-corrected chi connectivity index (χ1v) is 15.3. The van der Waals surface area contributed by atoms with Gasteiger partial charge in [0, 0.05) is 5.56 Å². The maximum absolute atomic E-state index is 14.2. The van der Waals surface area contributed by atoms with Gasteiger partial charge in [-0.1, -0.05) is 91.4 Å². The van der Waals surface area contributed by atoms with Crippen LogP contribution in [0.25, 0.3) is 11.8 Å². The molecule has 222 valence electrons. The van der Waals surface area contributed by atoms with Crippen molar-refractivity contribution in [2.45, 2.75) is 39.7 Å². The SMILES string of the molecule is CCOC(=O)C1=C(c2ccccc2)N=c2s/c(=C\c3cc(Cl)c(OCC)c(OC)c3)c(=O)n2[C@@H]1c1ccc(C(C)C)cc1. The summed E-state index contributed by atoms with van der Waals surface area (Å²) in [7, 11) is 1.54. The number of carbonyl (C=O) groups is 1. The number of thiazole rings is 1. The highest BCUT2D eigenvalue weighted by atomic mass is 35.5. The van der Waals surface area contributed by atoms with Gasteiger partial charge in [0.2, 0.25) is 0 Å². The predicted octanol–water partition coefficient (Wildman–Crippen LogP) is 6.12. The second-order valence-corrected chi connectivity index (χ2v) is 11.6. The maximum Gasteiger partial charge on any atom is 0.338 e. The molecule has 43 heavy (non-hydrogen) atoms. The fraction of sp³-hybridized carbons (Fsp3) is 0.265. The van der Waals surface area contributed by atoms with Crippen LogP contribution in [-0.4, -0.2) is 30.9 Å². The van der Waals surface area contributed by atoms with Crippen LogP contribution in [-0.2, 0) is 9.53 Å². The summed E-state index contributed by atoms with van der Waals surface area (Å²) < 4.78 is 18.7. The molecular weight excluding hydrogens is 584 g/mol. The molecule has 1 aliphatic rings. The molecule has 0 spiro atoms. The average Bonchev–Trinajstić information content (AvgIpc) is 3.32. The monoisotopic (exact) mass is 616 g/mol. The molecule has 4 aromatic rings. The molecule has 7 nitrogen and oxygen atoms in total. The summed E-state index contributed by atoms with van der Waals surface area (Å²) in [6.45, 7) is 8.49. The minimum atomic E-state index is -0.743. The molecule has 0 unspecified atom stereocenters. The van der Waals surface area contributed by atoms with E-state index in [1.54, 1.807) is 36.8 Å². The smallest absolute Gasteiger partial charge is 0.338 e. The minimum Gasteiger partial charge on any atom is -0.493 e. The van der Waals surface area contributed by atoms with Crippen LogP contribution in [0.2, 0.25) is 5.02 Å². The third-order valence-electron chi connectivity index (χ3n) is 7.13. The molecule has 0 bridgehead atoms. The number of rotatable bonds is 9. The Hall–Kier alpha value is -4.14. The molecule has 0 amide bonds. The predicted molar refractivity (Wildman–Crippen MR) is 171 cm³/mol. The van der Waals surface area contributed by atoms with Gasteiger partial charge in [-0.05, 0) is 54.7 Å². The van der Waals surface area contributed by atoms with Crippen LogP contribution in [0, 0.1) is 0 Å². The van der Waals surface area contributed by atoms with E-state index in [9.17, 15) is 9.59 Å². The Morgan fingerprint density at radius 2 is 1.79 bits per heavy atom. The number of ether oxygens (including phenoxy) is 3. The van der Waals surface area contributed by atoms with Crippen LogP contribution < -0.4 is 24.4 Å². The number of halogens is 1. The van der Waals surface area contributed by atoms with Crippen molar-refractivity contribution in [2.24, 2.45) is 4.99 Å². The molecule has 3 aromatic carbocycles. The zero-order valence-electron chi connectivity index (χ0n) is 24.7. The number of benzene rings is 3. The summed E-state index contributed by atoms with van der Waals surface area (Å²) in [6, 6.07) is 20.3. The number of nitrogens with zero attached hydrogens (tertiary/aromatic N) is 2. The van der Waals surface area contributed by atoms with Gasteiger partial charge in [0.25, 0.3) is 5.56 Å². The summed E-state index contributed by atoms with van der Waals surface area (Å²) in [5, 5.41) is 0.374. The van der Waals surface area contributed by atoms with E-state index >= 15 is 0 Å². The summed E-state index contributed by atoms with van der Waals surface area (Å²) in [5.74, 6) is 0.725. The molecule has 9 heteroatoms. The lowest BCUT2D eigenvalue weighted by molar-refractivity contribution is -0.138. The third-order valence-corrected chi connectivity index (χ3v) is 8.39. The van der Waals surface area contributed by atoms with E-state index < -0.39 is 12.0 Å². The Labute approximate surface area is 259 Å². The van der Waals surface area contributed by atoms with Crippen molar-refractivity contribution in [1.29, 1.82) is 0 Å². The van der Waals surface area contributed by atoms with Crippen molar-refractivity contribution in [3.05, 3.63) is 119 Å². The molecule has 0 aliphatic carbocycles. The lowest BCUT2D eigenvalue weighted by atomic mass is 9.91. The van der Waals surface area contributed by atoms with E-state index in [1.807, 2.05) is 61.5 Å². The Kier molecular flexibility index (Phi) is 9.18. The van der Waals surface area contributed by atoms with E-state index in [4.69, 9.17) is 30.8 Å². The van der Waals surface area contributed by atoms with Crippen LogP contribution in [0.1, 0.15) is 61.9 Å². The van der Waals surface area contributed by atoms with E-state index in [0.29, 0.717) is 55.2 Å². The summed E-state index contributed by atoms with van der Waals surface area (Å²) >= 11 is 7.78. The number of hydrogen-bond acceptors (Lipinski definition) is 7. The van der Waals surface area contributed by atoms with Crippen LogP contribution in [0.15, 0.2) is 82.1 Å². The van der Waals surface area contributed by atoms with E-state index in [-0.39, 0.29) is 12.2 Å². The molecule has 1 aromatic heterocycles. The highest BCUT2D eigenvalue weighted by Crippen LogP contribution is 2.37. The van der Waals surface area contributed by atoms with Gasteiger partial charge < -0.3 is 14.2 Å².